The number of fused-ring (bicyclic) bond motifs is 1. The van der Waals surface area contributed by atoms with E-state index in [-0.39, 0.29) is 6.04 Å². The van der Waals surface area contributed by atoms with Gasteiger partial charge < -0.3 is 10.1 Å². The normalized spacial score (nSPS) is 12.8. The number of hydrogen-bond donors (Lipinski definition) is 1. The molecule has 0 saturated carbocycles. The summed E-state index contributed by atoms with van der Waals surface area (Å²) in [6.45, 7) is 6.49. The first-order valence-electron chi connectivity index (χ1n) is 7.12. The predicted molar refractivity (Wildman–Crippen MR) is 87.0 cm³/mol. The molecule has 4 heteroatoms. The van der Waals surface area contributed by atoms with Crippen LogP contribution < -0.4 is 5.32 Å². The van der Waals surface area contributed by atoms with E-state index in [0.717, 1.165) is 40.6 Å². The smallest absolute Gasteiger partial charge is 0.0746 e. The Morgan fingerprint density at radius 3 is 2.85 bits per heavy atom. The Bertz CT molecular complexity index is 551. The Morgan fingerprint density at radius 1 is 1.30 bits per heavy atom. The summed E-state index contributed by atoms with van der Waals surface area (Å²) in [7, 11) is 0. The van der Waals surface area contributed by atoms with Crippen LogP contribution in [0.5, 0.6) is 0 Å². The number of ether oxygens (including phenoxy) is 1. The average Bonchev–Trinajstić information content (AvgIpc) is 2.47. The number of benzene rings is 1. The van der Waals surface area contributed by atoms with Crippen LogP contribution in [0.4, 0.5) is 0 Å². The first kappa shape index (κ1) is 15.4. The van der Waals surface area contributed by atoms with E-state index < -0.39 is 0 Å². The Hall–Kier alpha value is -0.970. The summed E-state index contributed by atoms with van der Waals surface area (Å²) in [5.74, 6) is 0. The summed E-state index contributed by atoms with van der Waals surface area (Å²) >= 11 is 3.64. The zero-order chi connectivity index (χ0) is 14.4. The molecule has 0 bridgehead atoms. The van der Waals surface area contributed by atoms with Crippen molar-refractivity contribution >= 4 is 26.8 Å². The van der Waals surface area contributed by atoms with Gasteiger partial charge in [0.05, 0.1) is 23.9 Å². The Labute approximate surface area is 128 Å². The van der Waals surface area contributed by atoms with Gasteiger partial charge in [0.1, 0.15) is 0 Å². The molecule has 1 aromatic heterocycles. The van der Waals surface area contributed by atoms with Crippen LogP contribution in [0.15, 0.2) is 34.8 Å². The summed E-state index contributed by atoms with van der Waals surface area (Å²) in [5, 5.41) is 4.66. The molecule has 0 spiro atoms. The molecule has 20 heavy (non-hydrogen) atoms. The zero-order valence-electron chi connectivity index (χ0n) is 12.0. The Kier molecular flexibility index (Phi) is 5.95. The highest BCUT2D eigenvalue weighted by Gasteiger charge is 2.16. The van der Waals surface area contributed by atoms with Crippen molar-refractivity contribution in [1.29, 1.82) is 0 Å². The molecule has 0 amide bonds. The highest BCUT2D eigenvalue weighted by atomic mass is 79.9. The maximum Gasteiger partial charge on any atom is 0.0746 e. The molecule has 0 fully saturated rings. The summed E-state index contributed by atoms with van der Waals surface area (Å²) in [6, 6.07) is 10.4. The second-order valence-corrected chi connectivity index (χ2v) is 5.57. The molecular formula is C16H21BrN2O. The van der Waals surface area contributed by atoms with Gasteiger partial charge in [-0.1, -0.05) is 25.1 Å². The van der Waals surface area contributed by atoms with E-state index in [4.69, 9.17) is 9.72 Å². The van der Waals surface area contributed by atoms with E-state index in [0.29, 0.717) is 6.61 Å². The SMILES string of the molecule is CCCNC(COCC)c1nc2ccccc2cc1Br. The maximum atomic E-state index is 5.59. The van der Waals surface area contributed by atoms with Gasteiger partial charge in [0.2, 0.25) is 0 Å². The molecule has 0 aliphatic carbocycles. The summed E-state index contributed by atoms with van der Waals surface area (Å²) in [5.41, 5.74) is 2.04. The first-order valence-corrected chi connectivity index (χ1v) is 7.91. The van der Waals surface area contributed by atoms with Crippen LogP contribution in [0.2, 0.25) is 0 Å². The van der Waals surface area contributed by atoms with Crippen LogP contribution in [0.1, 0.15) is 32.0 Å². The number of hydrogen-bond acceptors (Lipinski definition) is 3. The second-order valence-electron chi connectivity index (χ2n) is 4.71. The molecule has 1 N–H and O–H groups in total. The van der Waals surface area contributed by atoms with Gasteiger partial charge in [-0.2, -0.15) is 0 Å². The summed E-state index contributed by atoms with van der Waals surface area (Å²) in [4.78, 5) is 4.79. The van der Waals surface area contributed by atoms with Crippen molar-refractivity contribution in [2.24, 2.45) is 0 Å². The lowest BCUT2D eigenvalue weighted by atomic mass is 10.1. The molecule has 0 aliphatic heterocycles. The molecule has 0 aliphatic rings. The topological polar surface area (TPSA) is 34.1 Å². The number of aromatic nitrogens is 1. The molecule has 108 valence electrons. The maximum absolute atomic E-state index is 5.59. The number of nitrogens with one attached hydrogen (secondary N) is 1. The van der Waals surface area contributed by atoms with Crippen LogP contribution in [-0.2, 0) is 4.74 Å². The van der Waals surface area contributed by atoms with Crippen molar-refractivity contribution in [3.63, 3.8) is 0 Å². The number of rotatable bonds is 7. The van der Waals surface area contributed by atoms with Gasteiger partial charge in [-0.3, -0.25) is 0 Å². The van der Waals surface area contributed by atoms with Crippen molar-refractivity contribution in [2.45, 2.75) is 26.3 Å². The minimum atomic E-state index is 0.119. The first-order chi connectivity index (χ1) is 9.76. The molecule has 0 saturated heterocycles. The molecule has 1 heterocycles. The van der Waals surface area contributed by atoms with Gasteiger partial charge in [0, 0.05) is 16.5 Å². The number of nitrogens with zero attached hydrogens (tertiary/aromatic N) is 1. The molecule has 2 rings (SSSR count). The lowest BCUT2D eigenvalue weighted by molar-refractivity contribution is 0.121. The average molecular weight is 337 g/mol. The molecule has 0 radical (unpaired) electrons. The lowest BCUT2D eigenvalue weighted by Gasteiger charge is -2.19. The minimum absolute atomic E-state index is 0.119. The van der Waals surface area contributed by atoms with Crippen molar-refractivity contribution in [3.05, 3.63) is 40.5 Å². The van der Waals surface area contributed by atoms with Crippen LogP contribution >= 0.6 is 15.9 Å². The van der Waals surface area contributed by atoms with Crippen LogP contribution in [0, 0.1) is 0 Å². The van der Waals surface area contributed by atoms with Crippen molar-refractivity contribution < 1.29 is 4.74 Å². The van der Waals surface area contributed by atoms with Crippen molar-refractivity contribution in [3.8, 4) is 0 Å². The Balaban J connectivity index is 2.32. The third-order valence-electron chi connectivity index (χ3n) is 3.16. The fourth-order valence-electron chi connectivity index (χ4n) is 2.14. The van der Waals surface area contributed by atoms with E-state index in [9.17, 15) is 0 Å². The third kappa shape index (κ3) is 3.78. The molecule has 3 nitrogen and oxygen atoms in total. The van der Waals surface area contributed by atoms with E-state index in [1.165, 1.54) is 0 Å². The monoisotopic (exact) mass is 336 g/mol. The van der Waals surface area contributed by atoms with Gasteiger partial charge in [0.15, 0.2) is 0 Å². The highest BCUT2D eigenvalue weighted by molar-refractivity contribution is 9.10. The number of para-hydroxylation sites is 1. The molecule has 2 aromatic rings. The highest BCUT2D eigenvalue weighted by Crippen LogP contribution is 2.26. The van der Waals surface area contributed by atoms with Gasteiger partial charge in [-0.05, 0) is 48.0 Å². The van der Waals surface area contributed by atoms with Crippen LogP contribution in [-0.4, -0.2) is 24.7 Å². The van der Waals surface area contributed by atoms with Gasteiger partial charge in [-0.25, -0.2) is 4.98 Å². The predicted octanol–water partition coefficient (Wildman–Crippen LogP) is 4.07. The quantitative estimate of drug-likeness (QED) is 0.827. The van der Waals surface area contributed by atoms with Crippen LogP contribution in [0.25, 0.3) is 10.9 Å². The zero-order valence-corrected chi connectivity index (χ0v) is 13.6. The number of halogens is 1. The molecule has 1 aromatic carbocycles. The fourth-order valence-corrected chi connectivity index (χ4v) is 2.75. The van der Waals surface area contributed by atoms with Crippen molar-refractivity contribution in [2.75, 3.05) is 19.8 Å². The van der Waals surface area contributed by atoms with Gasteiger partial charge in [0.25, 0.3) is 0 Å². The lowest BCUT2D eigenvalue weighted by Crippen LogP contribution is -2.27. The van der Waals surface area contributed by atoms with Gasteiger partial charge >= 0.3 is 0 Å². The third-order valence-corrected chi connectivity index (χ3v) is 3.80. The largest absolute Gasteiger partial charge is 0.380 e. The molecule has 1 unspecified atom stereocenters. The molecule has 1 atom stereocenters. The van der Waals surface area contributed by atoms with E-state index in [1.54, 1.807) is 0 Å². The summed E-state index contributed by atoms with van der Waals surface area (Å²) in [6.07, 6.45) is 1.09. The second kappa shape index (κ2) is 7.72. The number of pyridine rings is 1. The van der Waals surface area contributed by atoms with E-state index in [1.807, 2.05) is 25.1 Å². The van der Waals surface area contributed by atoms with Gasteiger partial charge in [-0.15, -0.1) is 0 Å². The van der Waals surface area contributed by atoms with E-state index >= 15 is 0 Å². The fraction of sp³-hybridized carbons (Fsp3) is 0.438. The standard InChI is InChI=1S/C16H21BrN2O/c1-3-9-18-15(11-20-4-2)16-13(17)10-12-7-5-6-8-14(12)19-16/h5-8,10,15,18H,3-4,9,11H2,1-2H3. The Morgan fingerprint density at radius 2 is 2.10 bits per heavy atom. The minimum Gasteiger partial charge on any atom is -0.380 e. The molecular weight excluding hydrogens is 316 g/mol. The van der Waals surface area contributed by atoms with Crippen molar-refractivity contribution in [1.82, 2.24) is 10.3 Å². The summed E-state index contributed by atoms with van der Waals surface area (Å²) < 4.78 is 6.62. The van der Waals surface area contributed by atoms with Crippen LogP contribution in [0.3, 0.4) is 0 Å². The van der Waals surface area contributed by atoms with E-state index in [2.05, 4.69) is 40.3 Å².